The number of aryl methyl sites for hydroxylation is 2. The molecule has 1 aromatic rings. The number of nitrogens with zero attached hydrogens (tertiary/aromatic N) is 3. The van der Waals surface area contributed by atoms with Gasteiger partial charge in [0.05, 0.1) is 11.4 Å². The number of aromatic nitrogens is 2. The first-order valence-electron chi connectivity index (χ1n) is 7.25. The summed E-state index contributed by atoms with van der Waals surface area (Å²) in [7, 11) is 0. The number of hydrogen-bond donors (Lipinski definition) is 1. The number of rotatable bonds is 4. The van der Waals surface area contributed by atoms with Crippen LogP contribution in [-0.4, -0.2) is 40.4 Å². The fourth-order valence-electron chi connectivity index (χ4n) is 3.03. The molecule has 1 aliphatic heterocycles. The maximum absolute atomic E-state index is 4.54. The fourth-order valence-corrected chi connectivity index (χ4v) is 3.03. The summed E-state index contributed by atoms with van der Waals surface area (Å²) in [6, 6.07) is 2.97. The Morgan fingerprint density at radius 3 is 3.00 bits per heavy atom. The van der Waals surface area contributed by atoms with Gasteiger partial charge in [-0.15, -0.1) is 0 Å². The summed E-state index contributed by atoms with van der Waals surface area (Å²) in [5.41, 5.74) is 2.51. The minimum Gasteiger partial charge on any atom is -0.311 e. The highest BCUT2D eigenvalue weighted by Crippen LogP contribution is 2.33. The summed E-state index contributed by atoms with van der Waals surface area (Å²) in [6.45, 7) is 9.79. The molecule has 2 heterocycles. The third kappa shape index (κ3) is 2.59. The molecule has 2 aliphatic rings. The van der Waals surface area contributed by atoms with Gasteiger partial charge in [-0.25, -0.2) is 0 Å². The van der Waals surface area contributed by atoms with Crippen molar-refractivity contribution in [2.75, 3.05) is 19.6 Å². The van der Waals surface area contributed by atoms with Crippen LogP contribution in [-0.2, 0) is 13.1 Å². The molecular weight excluding hydrogens is 224 g/mol. The van der Waals surface area contributed by atoms with Crippen molar-refractivity contribution in [2.45, 2.75) is 45.8 Å². The Labute approximate surface area is 109 Å². The maximum atomic E-state index is 4.54. The van der Waals surface area contributed by atoms with E-state index >= 15 is 0 Å². The van der Waals surface area contributed by atoms with Gasteiger partial charge in [-0.2, -0.15) is 5.10 Å². The number of piperazine rings is 1. The molecule has 2 fully saturated rings. The normalized spacial score (nSPS) is 25.6. The molecule has 1 saturated carbocycles. The average Bonchev–Trinajstić information content (AvgIpc) is 3.15. The van der Waals surface area contributed by atoms with Crippen LogP contribution >= 0.6 is 0 Å². The molecule has 3 rings (SSSR count). The van der Waals surface area contributed by atoms with Crippen LogP contribution in [0.1, 0.15) is 31.2 Å². The minimum absolute atomic E-state index is 0.734. The van der Waals surface area contributed by atoms with Crippen LogP contribution in [0.15, 0.2) is 6.07 Å². The molecule has 0 amide bonds. The molecule has 0 aromatic carbocycles. The largest absolute Gasteiger partial charge is 0.311 e. The smallest absolute Gasteiger partial charge is 0.0597 e. The standard InChI is InChI=1S/C14H24N4/c1-3-18-13(8-11(2)16-18)9-17-7-6-15-14(10-17)12-4-5-12/h8,12,14-15H,3-7,9-10H2,1-2H3. The van der Waals surface area contributed by atoms with E-state index in [0.29, 0.717) is 0 Å². The number of hydrogen-bond acceptors (Lipinski definition) is 3. The summed E-state index contributed by atoms with van der Waals surface area (Å²) in [4.78, 5) is 2.59. The zero-order valence-electron chi connectivity index (χ0n) is 11.5. The van der Waals surface area contributed by atoms with Crippen molar-refractivity contribution in [1.29, 1.82) is 0 Å². The van der Waals surface area contributed by atoms with Crippen molar-refractivity contribution in [3.05, 3.63) is 17.5 Å². The monoisotopic (exact) mass is 248 g/mol. The molecule has 1 unspecified atom stereocenters. The molecule has 1 N–H and O–H groups in total. The molecule has 100 valence electrons. The van der Waals surface area contributed by atoms with Gasteiger partial charge >= 0.3 is 0 Å². The predicted octanol–water partition coefficient (Wildman–Crippen LogP) is 1.40. The third-order valence-corrected chi connectivity index (χ3v) is 4.15. The van der Waals surface area contributed by atoms with Crippen LogP contribution in [0.2, 0.25) is 0 Å². The molecule has 1 aromatic heterocycles. The SMILES string of the molecule is CCn1nc(C)cc1CN1CCNC(C2CC2)C1. The van der Waals surface area contributed by atoms with Gasteiger partial charge in [-0.1, -0.05) is 0 Å². The lowest BCUT2D eigenvalue weighted by atomic mass is 10.1. The molecule has 1 atom stereocenters. The van der Waals surface area contributed by atoms with Crippen LogP contribution in [0.4, 0.5) is 0 Å². The Bertz CT molecular complexity index is 408. The molecule has 0 spiro atoms. The third-order valence-electron chi connectivity index (χ3n) is 4.15. The van der Waals surface area contributed by atoms with Crippen molar-refractivity contribution in [1.82, 2.24) is 20.0 Å². The van der Waals surface area contributed by atoms with Gasteiger partial charge in [0, 0.05) is 38.8 Å². The summed E-state index contributed by atoms with van der Waals surface area (Å²) in [5, 5.41) is 8.20. The zero-order chi connectivity index (χ0) is 12.5. The molecule has 18 heavy (non-hydrogen) atoms. The Morgan fingerprint density at radius 2 is 2.28 bits per heavy atom. The Kier molecular flexibility index (Phi) is 3.39. The van der Waals surface area contributed by atoms with Crippen LogP contribution in [0, 0.1) is 12.8 Å². The maximum Gasteiger partial charge on any atom is 0.0597 e. The predicted molar refractivity (Wildman–Crippen MR) is 72.4 cm³/mol. The van der Waals surface area contributed by atoms with Crippen LogP contribution < -0.4 is 5.32 Å². The summed E-state index contributed by atoms with van der Waals surface area (Å²) in [5.74, 6) is 0.950. The highest BCUT2D eigenvalue weighted by molar-refractivity contribution is 5.09. The first-order chi connectivity index (χ1) is 8.76. The van der Waals surface area contributed by atoms with Gasteiger partial charge in [0.25, 0.3) is 0 Å². The van der Waals surface area contributed by atoms with Crippen LogP contribution in [0.25, 0.3) is 0 Å². The topological polar surface area (TPSA) is 33.1 Å². The lowest BCUT2D eigenvalue weighted by Crippen LogP contribution is -2.51. The van der Waals surface area contributed by atoms with Gasteiger partial charge in [0.2, 0.25) is 0 Å². The lowest BCUT2D eigenvalue weighted by molar-refractivity contribution is 0.177. The van der Waals surface area contributed by atoms with Crippen molar-refractivity contribution < 1.29 is 0 Å². The molecule has 1 aliphatic carbocycles. The van der Waals surface area contributed by atoms with Gasteiger partial charge < -0.3 is 5.32 Å². The quantitative estimate of drug-likeness (QED) is 0.874. The molecule has 0 radical (unpaired) electrons. The van der Waals surface area contributed by atoms with Gasteiger partial charge in [0.1, 0.15) is 0 Å². The van der Waals surface area contributed by atoms with E-state index in [1.165, 1.54) is 25.1 Å². The molecular formula is C14H24N4. The van der Waals surface area contributed by atoms with Crippen molar-refractivity contribution >= 4 is 0 Å². The molecule has 1 saturated heterocycles. The van der Waals surface area contributed by atoms with Crippen LogP contribution in [0.5, 0.6) is 0 Å². The Balaban J connectivity index is 1.63. The van der Waals surface area contributed by atoms with Crippen molar-refractivity contribution in [3.8, 4) is 0 Å². The highest BCUT2D eigenvalue weighted by atomic mass is 15.3. The first-order valence-corrected chi connectivity index (χ1v) is 7.25. The molecule has 4 heteroatoms. The molecule has 0 bridgehead atoms. The van der Waals surface area contributed by atoms with Gasteiger partial charge in [0.15, 0.2) is 0 Å². The van der Waals surface area contributed by atoms with E-state index in [2.05, 4.69) is 39.9 Å². The average molecular weight is 248 g/mol. The van der Waals surface area contributed by atoms with Crippen molar-refractivity contribution in [2.24, 2.45) is 5.92 Å². The summed E-state index contributed by atoms with van der Waals surface area (Å²) in [6.07, 6.45) is 2.86. The van der Waals surface area contributed by atoms with E-state index in [0.717, 1.165) is 43.8 Å². The second-order valence-corrected chi connectivity index (χ2v) is 5.73. The zero-order valence-corrected chi connectivity index (χ0v) is 11.5. The Hall–Kier alpha value is -0.870. The van der Waals surface area contributed by atoms with E-state index in [9.17, 15) is 0 Å². The summed E-state index contributed by atoms with van der Waals surface area (Å²) < 4.78 is 2.14. The van der Waals surface area contributed by atoms with E-state index in [1.807, 2.05) is 0 Å². The van der Waals surface area contributed by atoms with Gasteiger partial charge in [-0.05, 0) is 38.7 Å². The van der Waals surface area contributed by atoms with E-state index in [1.54, 1.807) is 0 Å². The number of nitrogens with one attached hydrogen (secondary N) is 1. The van der Waals surface area contributed by atoms with Gasteiger partial charge in [-0.3, -0.25) is 9.58 Å². The lowest BCUT2D eigenvalue weighted by Gasteiger charge is -2.33. The second-order valence-electron chi connectivity index (χ2n) is 5.73. The highest BCUT2D eigenvalue weighted by Gasteiger charge is 2.34. The Morgan fingerprint density at radius 1 is 1.44 bits per heavy atom. The summed E-state index contributed by atoms with van der Waals surface area (Å²) >= 11 is 0. The molecule has 4 nitrogen and oxygen atoms in total. The second kappa shape index (κ2) is 5.02. The van der Waals surface area contributed by atoms with E-state index in [-0.39, 0.29) is 0 Å². The fraction of sp³-hybridized carbons (Fsp3) is 0.786. The minimum atomic E-state index is 0.734. The van der Waals surface area contributed by atoms with E-state index < -0.39 is 0 Å². The van der Waals surface area contributed by atoms with E-state index in [4.69, 9.17) is 0 Å². The van der Waals surface area contributed by atoms with Crippen LogP contribution in [0.3, 0.4) is 0 Å². The first kappa shape index (κ1) is 12.2. The van der Waals surface area contributed by atoms with Crippen molar-refractivity contribution in [3.63, 3.8) is 0 Å².